The Morgan fingerprint density at radius 1 is 1.21 bits per heavy atom. The summed E-state index contributed by atoms with van der Waals surface area (Å²) in [5, 5.41) is 9.20. The van der Waals surface area contributed by atoms with Gasteiger partial charge in [0, 0.05) is 51.5 Å². The average molecular weight is 503 g/mol. The number of amides is 1. The third kappa shape index (κ3) is 8.59. The van der Waals surface area contributed by atoms with Gasteiger partial charge in [-0.2, -0.15) is 0 Å². The van der Waals surface area contributed by atoms with E-state index < -0.39 is 0 Å². The molecule has 3 N–H and O–H groups in total. The van der Waals surface area contributed by atoms with Crippen molar-refractivity contribution in [1.82, 2.24) is 25.8 Å². The Balaban J connectivity index is 0.00000392. The largest absolute Gasteiger partial charge is 0.354 e. The standard InChI is InChI=1S/C19H33N7O.HI/c1-19(2,3)24-17(27)14-23-18(20-4)22-13-15-6-7-21-16(12-15)26-10-8-25(5)9-11-26;/h6-7,12H,8-11,13-14H2,1-5H3,(H,24,27)(H2,20,22,23);1H. The number of pyridine rings is 1. The van der Waals surface area contributed by atoms with E-state index in [1.54, 1.807) is 7.05 Å². The molecule has 0 aromatic carbocycles. The van der Waals surface area contributed by atoms with Gasteiger partial charge in [0.2, 0.25) is 5.91 Å². The first-order chi connectivity index (χ1) is 12.8. The SMILES string of the molecule is CN=C(NCC(=O)NC(C)(C)C)NCc1ccnc(N2CCN(C)CC2)c1.I. The van der Waals surface area contributed by atoms with Crippen LogP contribution in [0.4, 0.5) is 5.82 Å². The van der Waals surface area contributed by atoms with Crippen molar-refractivity contribution < 1.29 is 4.79 Å². The fourth-order valence-electron chi connectivity index (χ4n) is 2.81. The molecule has 28 heavy (non-hydrogen) atoms. The zero-order valence-corrected chi connectivity index (χ0v) is 19.9. The minimum Gasteiger partial charge on any atom is -0.354 e. The van der Waals surface area contributed by atoms with Crippen LogP contribution >= 0.6 is 24.0 Å². The Morgan fingerprint density at radius 3 is 2.50 bits per heavy atom. The Labute approximate surface area is 185 Å². The smallest absolute Gasteiger partial charge is 0.239 e. The van der Waals surface area contributed by atoms with E-state index in [9.17, 15) is 4.79 Å². The number of carbonyl (C=O) groups excluding carboxylic acids is 1. The molecule has 1 aliphatic heterocycles. The van der Waals surface area contributed by atoms with Gasteiger partial charge < -0.3 is 25.8 Å². The van der Waals surface area contributed by atoms with Gasteiger partial charge in [-0.25, -0.2) is 4.98 Å². The van der Waals surface area contributed by atoms with Crippen LogP contribution < -0.4 is 20.9 Å². The molecule has 1 aromatic rings. The summed E-state index contributed by atoms with van der Waals surface area (Å²) in [6.45, 7) is 10.8. The van der Waals surface area contributed by atoms with Gasteiger partial charge in [0.25, 0.3) is 0 Å². The summed E-state index contributed by atoms with van der Waals surface area (Å²) < 4.78 is 0. The topological polar surface area (TPSA) is 84.9 Å². The molecule has 0 saturated carbocycles. The molecular weight excluding hydrogens is 469 g/mol. The second-order valence-corrected chi connectivity index (χ2v) is 7.89. The summed E-state index contributed by atoms with van der Waals surface area (Å²) >= 11 is 0. The number of guanidine groups is 1. The highest BCUT2D eigenvalue weighted by Gasteiger charge is 2.16. The van der Waals surface area contributed by atoms with Crippen molar-refractivity contribution in [2.45, 2.75) is 32.9 Å². The second-order valence-electron chi connectivity index (χ2n) is 7.89. The van der Waals surface area contributed by atoms with Crippen LogP contribution in [0.5, 0.6) is 0 Å². The predicted octanol–water partition coefficient (Wildman–Crippen LogP) is 1.03. The number of aromatic nitrogens is 1. The number of hydrogen-bond acceptors (Lipinski definition) is 5. The fraction of sp³-hybridized carbons (Fsp3) is 0.632. The van der Waals surface area contributed by atoms with Crippen LogP contribution in [0.3, 0.4) is 0 Å². The minimum atomic E-state index is -0.244. The van der Waals surface area contributed by atoms with Crippen LogP contribution in [-0.4, -0.2) is 74.1 Å². The maximum Gasteiger partial charge on any atom is 0.239 e. The van der Waals surface area contributed by atoms with Crippen LogP contribution in [-0.2, 0) is 11.3 Å². The van der Waals surface area contributed by atoms with Gasteiger partial charge in [-0.1, -0.05) is 0 Å². The van der Waals surface area contributed by atoms with Crippen LogP contribution in [0.2, 0.25) is 0 Å². The van der Waals surface area contributed by atoms with E-state index in [0.717, 1.165) is 37.6 Å². The van der Waals surface area contributed by atoms with Gasteiger partial charge in [0.05, 0.1) is 6.54 Å². The lowest BCUT2D eigenvalue weighted by Gasteiger charge is -2.33. The van der Waals surface area contributed by atoms with E-state index in [1.807, 2.05) is 33.0 Å². The summed E-state index contributed by atoms with van der Waals surface area (Å²) in [5.41, 5.74) is 0.882. The first-order valence-corrected chi connectivity index (χ1v) is 9.41. The van der Waals surface area contributed by atoms with Gasteiger partial charge >= 0.3 is 0 Å². The average Bonchev–Trinajstić information content (AvgIpc) is 2.61. The number of nitrogens with one attached hydrogen (secondary N) is 3. The number of carbonyl (C=O) groups is 1. The number of rotatable bonds is 5. The number of piperazine rings is 1. The van der Waals surface area contributed by atoms with Gasteiger partial charge in [0.1, 0.15) is 5.82 Å². The molecule has 0 atom stereocenters. The first-order valence-electron chi connectivity index (χ1n) is 9.41. The van der Waals surface area contributed by atoms with Gasteiger partial charge in [-0.15, -0.1) is 24.0 Å². The lowest BCUT2D eigenvalue weighted by atomic mass is 10.1. The van der Waals surface area contributed by atoms with E-state index in [0.29, 0.717) is 12.5 Å². The molecule has 2 rings (SSSR count). The lowest BCUT2D eigenvalue weighted by Crippen LogP contribution is -2.48. The number of hydrogen-bond donors (Lipinski definition) is 3. The summed E-state index contributed by atoms with van der Waals surface area (Å²) in [6, 6.07) is 4.10. The molecule has 1 aromatic heterocycles. The first kappa shape index (κ1) is 24.4. The molecule has 1 fully saturated rings. The maximum absolute atomic E-state index is 11.9. The van der Waals surface area contributed by atoms with Gasteiger partial charge in [-0.05, 0) is 45.5 Å². The fourth-order valence-corrected chi connectivity index (χ4v) is 2.81. The highest BCUT2D eigenvalue weighted by Crippen LogP contribution is 2.14. The van der Waals surface area contributed by atoms with Crippen molar-refractivity contribution in [1.29, 1.82) is 0 Å². The van der Waals surface area contributed by atoms with Crippen molar-refractivity contribution in [2.75, 3.05) is 51.7 Å². The molecule has 8 nitrogen and oxygen atoms in total. The summed E-state index contributed by atoms with van der Waals surface area (Å²) in [7, 11) is 3.84. The second kappa shape index (κ2) is 11.4. The summed E-state index contributed by atoms with van der Waals surface area (Å²) in [4.78, 5) is 25.2. The predicted molar refractivity (Wildman–Crippen MR) is 125 cm³/mol. The summed E-state index contributed by atoms with van der Waals surface area (Å²) in [5.74, 6) is 1.54. The van der Waals surface area contributed by atoms with Crippen molar-refractivity contribution in [2.24, 2.45) is 4.99 Å². The Bertz CT molecular complexity index is 652. The Hall–Kier alpha value is -1.62. The number of halogens is 1. The summed E-state index contributed by atoms with van der Waals surface area (Å²) in [6.07, 6.45) is 1.84. The normalized spacial score (nSPS) is 15.6. The Kier molecular flexibility index (Phi) is 9.94. The van der Waals surface area contributed by atoms with Gasteiger partial charge in [-0.3, -0.25) is 9.79 Å². The van der Waals surface area contributed by atoms with E-state index in [1.165, 1.54) is 0 Å². The molecular formula is C19H34IN7O. The van der Waals surface area contributed by atoms with Crippen molar-refractivity contribution in [3.05, 3.63) is 23.9 Å². The molecule has 0 aliphatic carbocycles. The Morgan fingerprint density at radius 2 is 1.89 bits per heavy atom. The minimum absolute atomic E-state index is 0. The molecule has 9 heteroatoms. The zero-order valence-electron chi connectivity index (χ0n) is 17.6. The van der Waals surface area contributed by atoms with Crippen LogP contribution in [0, 0.1) is 0 Å². The molecule has 0 spiro atoms. The van der Waals surface area contributed by atoms with Crippen molar-refractivity contribution >= 4 is 41.7 Å². The van der Waals surface area contributed by atoms with Crippen LogP contribution in [0.15, 0.2) is 23.3 Å². The molecule has 0 radical (unpaired) electrons. The molecule has 2 heterocycles. The van der Waals surface area contributed by atoms with E-state index >= 15 is 0 Å². The third-order valence-corrected chi connectivity index (χ3v) is 4.25. The van der Waals surface area contributed by atoms with Crippen LogP contribution in [0.1, 0.15) is 26.3 Å². The zero-order chi connectivity index (χ0) is 19.9. The lowest BCUT2D eigenvalue weighted by molar-refractivity contribution is -0.121. The van der Waals surface area contributed by atoms with Crippen LogP contribution in [0.25, 0.3) is 0 Å². The number of anilines is 1. The third-order valence-electron chi connectivity index (χ3n) is 4.25. The molecule has 1 saturated heterocycles. The highest BCUT2D eigenvalue weighted by molar-refractivity contribution is 14.0. The molecule has 1 aliphatic rings. The number of nitrogens with zero attached hydrogens (tertiary/aromatic N) is 4. The monoisotopic (exact) mass is 503 g/mol. The molecule has 0 unspecified atom stereocenters. The van der Waals surface area contributed by atoms with E-state index in [-0.39, 0.29) is 42.0 Å². The maximum atomic E-state index is 11.9. The highest BCUT2D eigenvalue weighted by atomic mass is 127. The van der Waals surface area contributed by atoms with Crippen molar-refractivity contribution in [3.63, 3.8) is 0 Å². The van der Waals surface area contributed by atoms with Gasteiger partial charge in [0.15, 0.2) is 5.96 Å². The van der Waals surface area contributed by atoms with E-state index in [4.69, 9.17) is 0 Å². The number of aliphatic imine (C=N–C) groups is 1. The molecule has 1 amide bonds. The quantitative estimate of drug-likeness (QED) is 0.317. The molecule has 0 bridgehead atoms. The number of likely N-dealkylation sites (N-methyl/N-ethyl adjacent to an activating group) is 1. The van der Waals surface area contributed by atoms with E-state index in [2.05, 4.69) is 48.8 Å². The van der Waals surface area contributed by atoms with Crippen molar-refractivity contribution in [3.8, 4) is 0 Å². The molecule has 158 valence electrons.